The summed E-state index contributed by atoms with van der Waals surface area (Å²) in [6.07, 6.45) is 3.18. The van der Waals surface area contributed by atoms with Crippen molar-refractivity contribution in [1.29, 1.82) is 0 Å². The highest BCUT2D eigenvalue weighted by Gasteiger charge is 2.77. The van der Waals surface area contributed by atoms with E-state index in [2.05, 4.69) is 20.8 Å². The number of hydrogen-bond donors (Lipinski definition) is 0. The molecule has 5 aliphatic rings. The summed E-state index contributed by atoms with van der Waals surface area (Å²) < 4.78 is 0. The average molecular weight is 216 g/mol. The highest BCUT2D eigenvalue weighted by atomic mass is 14.8. The zero-order chi connectivity index (χ0) is 10.8. The van der Waals surface area contributed by atoms with Crippen LogP contribution < -0.4 is 0 Å². The molecule has 0 amide bonds. The molecule has 0 saturated heterocycles. The minimum atomic E-state index is 1.07. The lowest BCUT2D eigenvalue weighted by Crippen LogP contribution is -2.71. The summed E-state index contributed by atoms with van der Waals surface area (Å²) in [5.74, 6) is 12.9. The molecule has 0 spiro atoms. The van der Waals surface area contributed by atoms with Crippen LogP contribution in [0.3, 0.4) is 0 Å². The molecule has 0 aromatic heterocycles. The second kappa shape index (κ2) is 2.40. The quantitative estimate of drug-likeness (QED) is 0.579. The van der Waals surface area contributed by atoms with Gasteiger partial charge in [-0.15, -0.1) is 0 Å². The molecule has 0 bridgehead atoms. The standard InChI is InChI=1S/C16H24/c1-6-4-9-11(6)8(3)13-14(9)15-10-5-7(2)12(10)16(13)15/h6-16H,4-5H2,1-3H3. The predicted octanol–water partition coefficient (Wildman–Crippen LogP) is 3.67. The van der Waals surface area contributed by atoms with Gasteiger partial charge in [0.2, 0.25) is 0 Å². The minimum absolute atomic E-state index is 1.07. The van der Waals surface area contributed by atoms with E-state index < -0.39 is 0 Å². The molecule has 0 heterocycles. The Morgan fingerprint density at radius 1 is 0.562 bits per heavy atom. The molecule has 88 valence electrons. The lowest BCUT2D eigenvalue weighted by Gasteiger charge is -2.75. The van der Waals surface area contributed by atoms with Gasteiger partial charge in [0.1, 0.15) is 0 Å². The first-order chi connectivity index (χ1) is 7.70. The Kier molecular flexibility index (Phi) is 1.35. The Balaban J connectivity index is 1.48. The summed E-state index contributed by atoms with van der Waals surface area (Å²) in [7, 11) is 0. The largest absolute Gasteiger partial charge is 0.0622 e. The van der Waals surface area contributed by atoms with Crippen molar-refractivity contribution in [2.75, 3.05) is 0 Å². The molecule has 0 radical (unpaired) electrons. The number of fused-ring (bicyclic) bond motifs is 9. The van der Waals surface area contributed by atoms with E-state index in [9.17, 15) is 0 Å². The van der Waals surface area contributed by atoms with Crippen LogP contribution in [0.15, 0.2) is 0 Å². The monoisotopic (exact) mass is 216 g/mol. The molecule has 0 aromatic rings. The van der Waals surface area contributed by atoms with Crippen molar-refractivity contribution >= 4 is 0 Å². The van der Waals surface area contributed by atoms with Crippen molar-refractivity contribution in [3.8, 4) is 0 Å². The SMILES string of the molecule is CC1CC2C1C(C)C1C2C2C3CC(C)C3C12. The first-order valence-electron chi connectivity index (χ1n) is 7.70. The Labute approximate surface area is 99.2 Å². The van der Waals surface area contributed by atoms with Crippen molar-refractivity contribution in [2.45, 2.75) is 33.6 Å². The second-order valence-electron chi connectivity index (χ2n) is 8.08. The van der Waals surface area contributed by atoms with Gasteiger partial charge in [-0.3, -0.25) is 0 Å². The molecule has 0 aliphatic heterocycles. The normalized spacial score (nSPS) is 77.8. The van der Waals surface area contributed by atoms with Crippen molar-refractivity contribution in [3.05, 3.63) is 0 Å². The topological polar surface area (TPSA) is 0 Å². The molecule has 11 unspecified atom stereocenters. The molecule has 5 saturated carbocycles. The highest BCUT2D eigenvalue weighted by Crippen LogP contribution is 2.81. The number of rotatable bonds is 0. The van der Waals surface area contributed by atoms with Crippen LogP contribution in [0.4, 0.5) is 0 Å². The maximum atomic E-state index is 2.60. The van der Waals surface area contributed by atoms with Gasteiger partial charge in [-0.1, -0.05) is 20.8 Å². The summed E-state index contributed by atoms with van der Waals surface area (Å²) in [6, 6.07) is 0. The number of hydrogen-bond acceptors (Lipinski definition) is 0. The Morgan fingerprint density at radius 2 is 1.12 bits per heavy atom. The summed E-state index contributed by atoms with van der Waals surface area (Å²) in [4.78, 5) is 0. The molecular weight excluding hydrogens is 192 g/mol. The zero-order valence-corrected chi connectivity index (χ0v) is 10.8. The predicted molar refractivity (Wildman–Crippen MR) is 64.6 cm³/mol. The van der Waals surface area contributed by atoms with Crippen LogP contribution in [0, 0.1) is 65.1 Å². The van der Waals surface area contributed by atoms with E-state index in [1.807, 2.05) is 0 Å². The van der Waals surface area contributed by atoms with Gasteiger partial charge in [-0.2, -0.15) is 0 Å². The maximum Gasteiger partial charge on any atom is -0.0313 e. The Bertz CT molecular complexity index is 359. The molecule has 5 fully saturated rings. The highest BCUT2D eigenvalue weighted by molar-refractivity contribution is 5.24. The fourth-order valence-electron chi connectivity index (χ4n) is 7.69. The lowest BCUT2D eigenvalue weighted by molar-refractivity contribution is -0.280. The van der Waals surface area contributed by atoms with Crippen LogP contribution >= 0.6 is 0 Å². The molecule has 0 nitrogen and oxygen atoms in total. The van der Waals surface area contributed by atoms with Gasteiger partial charge in [0, 0.05) is 0 Å². The Hall–Kier alpha value is 0. The molecule has 5 aliphatic carbocycles. The van der Waals surface area contributed by atoms with E-state index in [0.717, 1.165) is 23.7 Å². The van der Waals surface area contributed by atoms with Crippen LogP contribution in [-0.4, -0.2) is 0 Å². The third kappa shape index (κ3) is 0.657. The first kappa shape index (κ1) is 9.00. The molecule has 0 aromatic carbocycles. The fraction of sp³-hybridized carbons (Fsp3) is 1.00. The van der Waals surface area contributed by atoms with Gasteiger partial charge < -0.3 is 0 Å². The summed E-state index contributed by atoms with van der Waals surface area (Å²) in [6.45, 7) is 7.63. The molecule has 0 N–H and O–H groups in total. The third-order valence-electron chi connectivity index (χ3n) is 8.02. The van der Waals surface area contributed by atoms with E-state index in [1.54, 1.807) is 12.8 Å². The smallest absolute Gasteiger partial charge is 0.0313 e. The molecule has 16 heavy (non-hydrogen) atoms. The summed E-state index contributed by atoms with van der Waals surface area (Å²) >= 11 is 0. The van der Waals surface area contributed by atoms with E-state index in [1.165, 1.54) is 41.4 Å². The van der Waals surface area contributed by atoms with Crippen LogP contribution in [0.1, 0.15) is 33.6 Å². The van der Waals surface area contributed by atoms with Crippen molar-refractivity contribution in [3.63, 3.8) is 0 Å². The third-order valence-corrected chi connectivity index (χ3v) is 8.02. The van der Waals surface area contributed by atoms with Crippen molar-refractivity contribution in [1.82, 2.24) is 0 Å². The summed E-state index contributed by atoms with van der Waals surface area (Å²) in [5, 5.41) is 0. The van der Waals surface area contributed by atoms with E-state index >= 15 is 0 Å². The van der Waals surface area contributed by atoms with Gasteiger partial charge in [-0.25, -0.2) is 0 Å². The van der Waals surface area contributed by atoms with Gasteiger partial charge in [0.25, 0.3) is 0 Å². The second-order valence-corrected chi connectivity index (χ2v) is 8.08. The van der Waals surface area contributed by atoms with Crippen molar-refractivity contribution < 1.29 is 0 Å². The van der Waals surface area contributed by atoms with Crippen LogP contribution in [-0.2, 0) is 0 Å². The first-order valence-corrected chi connectivity index (χ1v) is 7.70. The van der Waals surface area contributed by atoms with Gasteiger partial charge in [-0.05, 0) is 77.9 Å². The molecule has 11 atom stereocenters. The average Bonchev–Trinajstić information content (AvgIpc) is 2.37. The molecule has 5 rings (SSSR count). The Morgan fingerprint density at radius 3 is 1.75 bits per heavy atom. The maximum absolute atomic E-state index is 2.60. The summed E-state index contributed by atoms with van der Waals surface area (Å²) in [5.41, 5.74) is 0. The fourth-order valence-corrected chi connectivity index (χ4v) is 7.69. The minimum Gasteiger partial charge on any atom is -0.0622 e. The molecule has 0 heteroatoms. The van der Waals surface area contributed by atoms with Gasteiger partial charge in [0.15, 0.2) is 0 Å². The van der Waals surface area contributed by atoms with E-state index in [4.69, 9.17) is 0 Å². The van der Waals surface area contributed by atoms with Gasteiger partial charge >= 0.3 is 0 Å². The van der Waals surface area contributed by atoms with E-state index in [0.29, 0.717) is 0 Å². The van der Waals surface area contributed by atoms with Crippen molar-refractivity contribution in [2.24, 2.45) is 65.1 Å². The van der Waals surface area contributed by atoms with Crippen LogP contribution in [0.5, 0.6) is 0 Å². The van der Waals surface area contributed by atoms with E-state index in [-0.39, 0.29) is 0 Å². The molecular formula is C16H24. The van der Waals surface area contributed by atoms with Gasteiger partial charge in [0.05, 0.1) is 0 Å². The van der Waals surface area contributed by atoms with Crippen LogP contribution in [0.2, 0.25) is 0 Å². The zero-order valence-electron chi connectivity index (χ0n) is 10.8. The lowest BCUT2D eigenvalue weighted by atomic mass is 9.29. The van der Waals surface area contributed by atoms with Crippen LogP contribution in [0.25, 0.3) is 0 Å².